The zero-order valence-corrected chi connectivity index (χ0v) is 23.2. The van der Waals surface area contributed by atoms with Crippen LogP contribution < -0.4 is 26.6 Å². The molecule has 0 spiro atoms. The van der Waals surface area contributed by atoms with E-state index >= 15 is 0 Å². The van der Waals surface area contributed by atoms with Gasteiger partial charge >= 0.3 is 17.9 Å². The number of thioether (sulfide) groups is 1. The summed E-state index contributed by atoms with van der Waals surface area (Å²) in [6, 6.07) is 4.25. The molecule has 2 saturated heterocycles. The lowest BCUT2D eigenvalue weighted by Crippen LogP contribution is -2.36. The third kappa shape index (κ3) is 8.44. The molecular formula is C25H35F3N6O6S. The highest BCUT2D eigenvalue weighted by atomic mass is 32.2. The molecule has 0 aliphatic carbocycles. The van der Waals surface area contributed by atoms with Gasteiger partial charge in [0.25, 0.3) is 0 Å². The number of ether oxygens (including phenoxy) is 3. The van der Waals surface area contributed by atoms with Crippen LogP contribution in [0.1, 0.15) is 36.8 Å². The van der Waals surface area contributed by atoms with E-state index in [-0.39, 0.29) is 61.8 Å². The molecule has 3 amide bonds. The minimum Gasteiger partial charge on any atom is -0.491 e. The molecule has 4 rings (SSSR count). The molecule has 41 heavy (non-hydrogen) atoms. The zero-order chi connectivity index (χ0) is 29.3. The normalized spacial score (nSPS) is 22.2. The highest BCUT2D eigenvalue weighted by Gasteiger charge is 2.65. The largest absolute Gasteiger partial charge is 0.491 e. The molecule has 0 bridgehead atoms. The molecule has 1 aromatic rings. The first-order valence-corrected chi connectivity index (χ1v) is 14.5. The van der Waals surface area contributed by atoms with Crippen LogP contribution in [0.3, 0.4) is 0 Å². The van der Waals surface area contributed by atoms with Gasteiger partial charge < -0.3 is 30.2 Å². The maximum absolute atomic E-state index is 13.3. The van der Waals surface area contributed by atoms with Crippen LogP contribution in [0.5, 0.6) is 5.75 Å². The quantitative estimate of drug-likeness (QED) is 0.113. The lowest BCUT2D eigenvalue weighted by Gasteiger charge is -2.17. The zero-order valence-electron chi connectivity index (χ0n) is 22.4. The van der Waals surface area contributed by atoms with Gasteiger partial charge in [0, 0.05) is 35.1 Å². The molecule has 0 radical (unpaired) electrons. The number of benzene rings is 1. The van der Waals surface area contributed by atoms with Crippen LogP contribution in [0.25, 0.3) is 0 Å². The third-order valence-electron chi connectivity index (χ3n) is 6.91. The van der Waals surface area contributed by atoms with E-state index in [0.717, 1.165) is 25.0 Å². The number of nitrogens with zero attached hydrogens (tertiary/aromatic N) is 2. The van der Waals surface area contributed by atoms with E-state index in [1.54, 1.807) is 0 Å². The van der Waals surface area contributed by atoms with Gasteiger partial charge in [-0.1, -0.05) is 18.6 Å². The van der Waals surface area contributed by atoms with Crippen molar-refractivity contribution in [2.75, 3.05) is 45.3 Å². The Kier molecular flexibility index (Phi) is 11.1. The topological polar surface area (TPSA) is 158 Å². The molecule has 5 N–H and O–H groups in total. The Labute approximate surface area is 239 Å². The molecule has 16 heteroatoms. The van der Waals surface area contributed by atoms with E-state index in [9.17, 15) is 22.8 Å². The van der Waals surface area contributed by atoms with E-state index in [4.69, 9.17) is 20.1 Å². The average Bonchev–Trinajstić information content (AvgIpc) is 3.57. The number of urea groups is 1. The van der Waals surface area contributed by atoms with Gasteiger partial charge in [0.05, 0.1) is 45.1 Å². The van der Waals surface area contributed by atoms with Gasteiger partial charge in [0.15, 0.2) is 0 Å². The fourth-order valence-electron chi connectivity index (χ4n) is 4.71. The number of rotatable bonds is 18. The maximum Gasteiger partial charge on any atom is 0.442 e. The molecule has 0 aromatic heterocycles. The number of nitrogens with two attached hydrogens (primary N) is 1. The Morgan fingerprint density at radius 2 is 1.88 bits per heavy atom. The number of nitrogens with one attached hydrogen (secondary N) is 3. The lowest BCUT2D eigenvalue weighted by molar-refractivity contribution is -0.166. The molecule has 1 aromatic carbocycles. The first-order chi connectivity index (χ1) is 19.7. The molecule has 3 aliphatic rings. The minimum atomic E-state index is -4.64. The maximum atomic E-state index is 13.3. The molecule has 0 saturated carbocycles. The standard InChI is InChI=1S/C25H35F3N6O6S/c26-25(27,28)24(33-34-24)17-6-5-16(14-40-29)19(13-17)39-12-11-38-10-9-37-8-7-30-21(35)4-2-1-3-20-22-18(15-41-20)31-23(36)32-22/h5-6,13,18,20,22H,1-4,7-12,14-15,29H2,(H,30,35)(H2,31,32,36)/t18-,20+,22-/m1/s1. The van der Waals surface area contributed by atoms with Crippen LogP contribution in [0.4, 0.5) is 18.0 Å². The summed E-state index contributed by atoms with van der Waals surface area (Å²) in [7, 11) is 0. The van der Waals surface area contributed by atoms with Gasteiger partial charge in [-0.15, -0.1) is 10.2 Å². The summed E-state index contributed by atoms with van der Waals surface area (Å²) in [6.45, 7) is 1.53. The molecule has 228 valence electrons. The summed E-state index contributed by atoms with van der Waals surface area (Å²) in [5, 5.41) is 15.5. The molecule has 12 nitrogen and oxygen atoms in total. The van der Waals surface area contributed by atoms with Crippen molar-refractivity contribution in [1.29, 1.82) is 0 Å². The number of carbonyl (C=O) groups is 2. The Morgan fingerprint density at radius 1 is 1.12 bits per heavy atom. The van der Waals surface area contributed by atoms with Gasteiger partial charge in [-0.2, -0.15) is 24.9 Å². The third-order valence-corrected chi connectivity index (χ3v) is 8.42. The van der Waals surface area contributed by atoms with Gasteiger partial charge in [-0.25, -0.2) is 10.7 Å². The van der Waals surface area contributed by atoms with Crippen molar-refractivity contribution in [1.82, 2.24) is 16.0 Å². The number of halogens is 3. The predicted molar refractivity (Wildman–Crippen MR) is 142 cm³/mol. The van der Waals surface area contributed by atoms with E-state index < -0.39 is 11.8 Å². The number of unbranched alkanes of at least 4 members (excludes halogenated alkanes) is 1. The Hall–Kier alpha value is -2.66. The number of alkyl halides is 3. The van der Waals surface area contributed by atoms with Crippen LogP contribution in [0.15, 0.2) is 28.4 Å². The second-order valence-electron chi connectivity index (χ2n) is 9.79. The van der Waals surface area contributed by atoms with Crippen LogP contribution in [0.2, 0.25) is 0 Å². The number of hydrogen-bond donors (Lipinski definition) is 4. The monoisotopic (exact) mass is 604 g/mol. The van der Waals surface area contributed by atoms with Crippen LogP contribution >= 0.6 is 11.8 Å². The summed E-state index contributed by atoms with van der Waals surface area (Å²) in [5.74, 6) is 6.19. The summed E-state index contributed by atoms with van der Waals surface area (Å²) in [6.07, 6.45) is -1.51. The van der Waals surface area contributed by atoms with Gasteiger partial charge in [0.1, 0.15) is 12.4 Å². The summed E-state index contributed by atoms with van der Waals surface area (Å²) in [5.41, 5.74) is -2.23. The molecular weight excluding hydrogens is 569 g/mol. The van der Waals surface area contributed by atoms with Crippen molar-refractivity contribution in [2.45, 2.75) is 61.5 Å². The van der Waals surface area contributed by atoms with Crippen molar-refractivity contribution in [3.8, 4) is 5.75 Å². The molecule has 3 atom stereocenters. The van der Waals surface area contributed by atoms with Crippen molar-refractivity contribution < 1.29 is 41.8 Å². The average molecular weight is 605 g/mol. The fourth-order valence-corrected chi connectivity index (χ4v) is 6.26. The first-order valence-electron chi connectivity index (χ1n) is 13.4. The van der Waals surface area contributed by atoms with Crippen molar-refractivity contribution in [3.63, 3.8) is 0 Å². The number of fused-ring (bicyclic) bond motifs is 1. The smallest absolute Gasteiger partial charge is 0.442 e. The molecule has 3 aliphatic heterocycles. The van der Waals surface area contributed by atoms with Gasteiger partial charge in [-0.3, -0.25) is 9.63 Å². The Morgan fingerprint density at radius 3 is 2.61 bits per heavy atom. The van der Waals surface area contributed by atoms with E-state index in [1.165, 1.54) is 18.2 Å². The molecule has 2 fully saturated rings. The van der Waals surface area contributed by atoms with Crippen molar-refractivity contribution in [3.05, 3.63) is 29.3 Å². The van der Waals surface area contributed by atoms with Crippen LogP contribution in [-0.2, 0) is 31.4 Å². The van der Waals surface area contributed by atoms with Crippen molar-refractivity contribution in [2.24, 2.45) is 16.1 Å². The summed E-state index contributed by atoms with van der Waals surface area (Å²) >= 11 is 1.87. The second kappa shape index (κ2) is 14.5. The molecule has 0 unspecified atom stereocenters. The molecule has 3 heterocycles. The first kappa shape index (κ1) is 31.3. The van der Waals surface area contributed by atoms with Crippen LogP contribution in [0, 0.1) is 0 Å². The number of hydrogen-bond acceptors (Lipinski definition) is 10. The number of carbonyl (C=O) groups excluding carboxylic acids is 2. The minimum absolute atomic E-state index is 0.0246. The predicted octanol–water partition coefficient (Wildman–Crippen LogP) is 2.51. The van der Waals surface area contributed by atoms with E-state index in [0.29, 0.717) is 37.0 Å². The van der Waals surface area contributed by atoms with E-state index in [2.05, 4.69) is 31.0 Å². The Balaban J connectivity index is 1.01. The van der Waals surface area contributed by atoms with Gasteiger partial charge in [-0.05, 0) is 18.9 Å². The highest BCUT2D eigenvalue weighted by Crippen LogP contribution is 2.53. The highest BCUT2D eigenvalue weighted by molar-refractivity contribution is 8.00. The second-order valence-corrected chi connectivity index (χ2v) is 11.1. The van der Waals surface area contributed by atoms with Crippen LogP contribution in [-0.4, -0.2) is 80.8 Å². The Bertz CT molecular complexity index is 1070. The summed E-state index contributed by atoms with van der Waals surface area (Å²) in [4.78, 5) is 28.1. The fraction of sp³-hybridized carbons (Fsp3) is 0.680. The SMILES string of the molecule is NOCc1ccc(C2(C(F)(F)F)N=N2)cc1OCCOCCOCCNC(=O)CCCC[C@@H]1SC[C@H]2NC(=O)N[C@@H]12. The number of amides is 3. The van der Waals surface area contributed by atoms with Gasteiger partial charge in [0.2, 0.25) is 5.91 Å². The van der Waals surface area contributed by atoms with E-state index in [1.807, 2.05) is 11.8 Å². The lowest BCUT2D eigenvalue weighted by atomic mass is 10.0. The summed E-state index contributed by atoms with van der Waals surface area (Å²) < 4.78 is 56.5. The van der Waals surface area contributed by atoms with Crippen molar-refractivity contribution >= 4 is 23.7 Å².